The van der Waals surface area contributed by atoms with Crippen molar-refractivity contribution in [2.45, 2.75) is 0 Å². The quantitative estimate of drug-likeness (QED) is 0.191. The maximum atomic E-state index is 5.27. The Morgan fingerprint density at radius 2 is 0.863 bits per heavy atom. The van der Waals surface area contributed by atoms with Crippen molar-refractivity contribution in [1.82, 2.24) is 19.5 Å². The van der Waals surface area contributed by atoms with Gasteiger partial charge in [0.15, 0.2) is 17.5 Å². The van der Waals surface area contributed by atoms with Crippen LogP contribution in [-0.4, -0.2) is 19.5 Å². The standard InChI is InChI=1S/C47H28N4/c1-3-14-31(15-4-1)45-48-46(32-16-5-2-6-17-32)50-47(49-45)43-33-19-8-7-13-29(33)25-27-39(43)51-38-24-12-23-37-35-21-10-9-20-34(35)36-22-11-18-30-26-28-40(51)44(41(30)36)42(37)38/h1-28H. The Balaban J connectivity index is 1.30. The minimum Gasteiger partial charge on any atom is -0.308 e. The van der Waals surface area contributed by atoms with Crippen LogP contribution in [0.25, 0.3) is 105 Å². The highest BCUT2D eigenvalue weighted by molar-refractivity contribution is 6.30. The Bertz CT molecular complexity index is 2960. The van der Waals surface area contributed by atoms with Crippen molar-refractivity contribution in [2.24, 2.45) is 0 Å². The molecular weight excluding hydrogens is 621 g/mol. The maximum Gasteiger partial charge on any atom is 0.166 e. The van der Waals surface area contributed by atoms with E-state index in [4.69, 9.17) is 15.0 Å². The fourth-order valence-electron chi connectivity index (χ4n) is 8.19. The lowest BCUT2D eigenvalue weighted by Gasteiger charge is -2.18. The molecule has 10 aromatic rings. The van der Waals surface area contributed by atoms with Crippen molar-refractivity contribution in [3.63, 3.8) is 0 Å². The van der Waals surface area contributed by atoms with E-state index >= 15 is 0 Å². The summed E-state index contributed by atoms with van der Waals surface area (Å²) in [6.07, 6.45) is 0. The number of hydrogen-bond donors (Lipinski definition) is 0. The van der Waals surface area contributed by atoms with Crippen molar-refractivity contribution < 1.29 is 0 Å². The predicted molar refractivity (Wildman–Crippen MR) is 210 cm³/mol. The number of nitrogens with zero attached hydrogens (tertiary/aromatic N) is 4. The number of rotatable bonds is 4. The van der Waals surface area contributed by atoms with Crippen molar-refractivity contribution in [3.8, 4) is 62.1 Å². The Hall–Kier alpha value is -6.91. The van der Waals surface area contributed by atoms with Gasteiger partial charge in [0.25, 0.3) is 0 Å². The van der Waals surface area contributed by atoms with Crippen LogP contribution in [0.15, 0.2) is 170 Å². The van der Waals surface area contributed by atoms with E-state index < -0.39 is 0 Å². The summed E-state index contributed by atoms with van der Waals surface area (Å²) in [7, 11) is 0. The Morgan fingerprint density at radius 3 is 1.59 bits per heavy atom. The molecule has 0 saturated heterocycles. The van der Waals surface area contributed by atoms with E-state index in [2.05, 4.69) is 138 Å². The minimum absolute atomic E-state index is 0.638. The van der Waals surface area contributed by atoms with Crippen molar-refractivity contribution >= 4 is 43.4 Å². The lowest BCUT2D eigenvalue weighted by molar-refractivity contribution is 1.07. The van der Waals surface area contributed by atoms with E-state index in [9.17, 15) is 0 Å². The van der Waals surface area contributed by atoms with Crippen molar-refractivity contribution in [1.29, 1.82) is 0 Å². The fraction of sp³-hybridized carbons (Fsp3) is 0. The van der Waals surface area contributed by atoms with Crippen LogP contribution in [0.3, 0.4) is 0 Å². The van der Waals surface area contributed by atoms with Gasteiger partial charge < -0.3 is 4.57 Å². The van der Waals surface area contributed by atoms with Crippen LogP contribution in [0.5, 0.6) is 0 Å². The van der Waals surface area contributed by atoms with E-state index in [1.54, 1.807) is 0 Å². The Kier molecular flexibility index (Phi) is 5.92. The molecule has 2 heterocycles. The second kappa shape index (κ2) is 10.8. The van der Waals surface area contributed by atoms with E-state index in [0.717, 1.165) is 44.2 Å². The van der Waals surface area contributed by atoms with Gasteiger partial charge in [-0.1, -0.05) is 152 Å². The van der Waals surface area contributed by atoms with Crippen LogP contribution in [0.2, 0.25) is 0 Å². The molecule has 0 unspecified atom stereocenters. The van der Waals surface area contributed by atoms with Gasteiger partial charge >= 0.3 is 0 Å². The molecule has 0 amide bonds. The SMILES string of the molecule is c1ccc(-c2nc(-c3ccccc3)nc(-c3c(-n4c5cccc6c5c5c7c(cccc7ccc54)-c4ccccc4-6)ccc4ccccc34)n2)cc1. The molecule has 1 aliphatic rings. The first-order valence-electron chi connectivity index (χ1n) is 17.3. The van der Waals surface area contributed by atoms with Gasteiger partial charge in [0, 0.05) is 21.9 Å². The molecule has 0 saturated carbocycles. The van der Waals surface area contributed by atoms with Gasteiger partial charge in [-0.05, 0) is 62.0 Å². The third-order valence-electron chi connectivity index (χ3n) is 10.4. The van der Waals surface area contributed by atoms with Gasteiger partial charge in [-0.15, -0.1) is 0 Å². The first kappa shape index (κ1) is 28.0. The molecule has 0 bridgehead atoms. The summed E-state index contributed by atoms with van der Waals surface area (Å²) in [5.41, 5.74) is 11.2. The summed E-state index contributed by atoms with van der Waals surface area (Å²) < 4.78 is 2.44. The second-order valence-electron chi connectivity index (χ2n) is 13.2. The Labute approximate surface area is 294 Å². The van der Waals surface area contributed by atoms with E-state index in [1.165, 1.54) is 43.8 Å². The topological polar surface area (TPSA) is 43.6 Å². The van der Waals surface area contributed by atoms with E-state index in [-0.39, 0.29) is 0 Å². The molecular formula is C47H28N4. The highest BCUT2D eigenvalue weighted by Gasteiger charge is 2.26. The summed E-state index contributed by atoms with van der Waals surface area (Å²) in [5.74, 6) is 1.92. The first-order chi connectivity index (χ1) is 25.3. The lowest BCUT2D eigenvalue weighted by Crippen LogP contribution is -2.04. The summed E-state index contributed by atoms with van der Waals surface area (Å²) >= 11 is 0. The zero-order chi connectivity index (χ0) is 33.5. The molecule has 4 nitrogen and oxygen atoms in total. The molecule has 51 heavy (non-hydrogen) atoms. The van der Waals surface area contributed by atoms with Gasteiger partial charge in [0.1, 0.15) is 0 Å². The highest BCUT2D eigenvalue weighted by Crippen LogP contribution is 2.50. The normalized spacial score (nSPS) is 11.9. The van der Waals surface area contributed by atoms with Gasteiger partial charge in [-0.3, -0.25) is 0 Å². The third kappa shape index (κ3) is 4.11. The summed E-state index contributed by atoms with van der Waals surface area (Å²) in [6, 6.07) is 60.2. The van der Waals surface area contributed by atoms with Crippen LogP contribution in [0.1, 0.15) is 0 Å². The smallest absolute Gasteiger partial charge is 0.166 e. The van der Waals surface area contributed by atoms with E-state index in [1.807, 2.05) is 36.4 Å². The largest absolute Gasteiger partial charge is 0.308 e. The third-order valence-corrected chi connectivity index (χ3v) is 10.4. The van der Waals surface area contributed by atoms with Crippen LogP contribution in [0.4, 0.5) is 0 Å². The zero-order valence-corrected chi connectivity index (χ0v) is 27.5. The number of hydrogen-bond acceptors (Lipinski definition) is 3. The predicted octanol–water partition coefficient (Wildman–Crippen LogP) is 11.9. The molecule has 0 radical (unpaired) electrons. The molecule has 236 valence electrons. The van der Waals surface area contributed by atoms with Crippen molar-refractivity contribution in [2.75, 3.05) is 0 Å². The molecule has 8 aromatic carbocycles. The van der Waals surface area contributed by atoms with E-state index in [0.29, 0.717) is 17.5 Å². The van der Waals surface area contributed by atoms with Gasteiger partial charge in [-0.2, -0.15) is 0 Å². The molecule has 0 fully saturated rings. The van der Waals surface area contributed by atoms with Crippen molar-refractivity contribution in [3.05, 3.63) is 170 Å². The average molecular weight is 649 g/mol. The molecule has 1 aliphatic carbocycles. The summed E-state index contributed by atoms with van der Waals surface area (Å²) in [5, 5.41) is 7.28. The Morgan fingerprint density at radius 1 is 0.333 bits per heavy atom. The monoisotopic (exact) mass is 648 g/mol. The fourth-order valence-corrected chi connectivity index (χ4v) is 8.19. The maximum absolute atomic E-state index is 5.27. The number of fused-ring (bicyclic) bond motifs is 4. The summed E-state index contributed by atoms with van der Waals surface area (Å²) in [4.78, 5) is 15.6. The minimum atomic E-state index is 0.638. The molecule has 0 spiro atoms. The van der Waals surface area contributed by atoms with Gasteiger partial charge in [-0.25, -0.2) is 15.0 Å². The number of benzene rings is 8. The molecule has 0 aliphatic heterocycles. The van der Waals surface area contributed by atoms with Crippen LogP contribution in [-0.2, 0) is 0 Å². The van der Waals surface area contributed by atoms with Crippen LogP contribution in [0, 0.1) is 0 Å². The van der Waals surface area contributed by atoms with Crippen LogP contribution >= 0.6 is 0 Å². The molecule has 0 atom stereocenters. The second-order valence-corrected chi connectivity index (χ2v) is 13.2. The lowest BCUT2D eigenvalue weighted by atomic mass is 9.93. The number of aromatic nitrogens is 4. The zero-order valence-electron chi connectivity index (χ0n) is 27.5. The first-order valence-corrected chi connectivity index (χ1v) is 17.3. The van der Waals surface area contributed by atoms with Gasteiger partial charge in [0.2, 0.25) is 0 Å². The molecule has 0 N–H and O–H groups in total. The summed E-state index contributed by atoms with van der Waals surface area (Å²) in [6.45, 7) is 0. The molecule has 11 rings (SSSR count). The van der Waals surface area contributed by atoms with Crippen LogP contribution < -0.4 is 0 Å². The van der Waals surface area contributed by atoms with Gasteiger partial charge in [0.05, 0.1) is 22.3 Å². The highest BCUT2D eigenvalue weighted by atomic mass is 15.1. The molecule has 2 aromatic heterocycles. The average Bonchev–Trinajstić information content (AvgIpc) is 3.49. The molecule has 4 heteroatoms.